The highest BCUT2D eigenvalue weighted by atomic mass is 35.5. The molecule has 1 saturated heterocycles. The van der Waals surface area contributed by atoms with Crippen molar-refractivity contribution in [3.63, 3.8) is 0 Å². The topological polar surface area (TPSA) is 40.5 Å². The molecule has 4 heteroatoms. The third-order valence-electron chi connectivity index (χ3n) is 3.21. The lowest BCUT2D eigenvalue weighted by molar-refractivity contribution is 0.0697. The lowest BCUT2D eigenvalue weighted by Gasteiger charge is -2.24. The Morgan fingerprint density at radius 2 is 2.18 bits per heavy atom. The molecular formula is C13H16ClNO2. The molecule has 0 radical (unpaired) electrons. The van der Waals surface area contributed by atoms with Gasteiger partial charge in [0, 0.05) is 13.1 Å². The quantitative estimate of drug-likeness (QED) is 0.879. The zero-order valence-electron chi connectivity index (χ0n) is 10.0. The molecule has 1 fully saturated rings. The van der Waals surface area contributed by atoms with Crippen molar-refractivity contribution in [2.24, 2.45) is 5.41 Å². The Morgan fingerprint density at radius 1 is 1.47 bits per heavy atom. The van der Waals surface area contributed by atoms with E-state index in [1.807, 2.05) is 0 Å². The number of rotatable bonds is 2. The van der Waals surface area contributed by atoms with Crippen LogP contribution in [0.1, 0.15) is 30.6 Å². The van der Waals surface area contributed by atoms with Crippen LogP contribution in [0.4, 0.5) is 5.69 Å². The first-order chi connectivity index (χ1) is 7.91. The number of anilines is 1. The van der Waals surface area contributed by atoms with Crippen LogP contribution in [-0.2, 0) is 0 Å². The van der Waals surface area contributed by atoms with E-state index in [-0.39, 0.29) is 11.0 Å². The summed E-state index contributed by atoms with van der Waals surface area (Å²) in [6.07, 6.45) is 1.05. The van der Waals surface area contributed by atoms with Gasteiger partial charge in [-0.25, -0.2) is 4.79 Å². The van der Waals surface area contributed by atoms with E-state index in [1.165, 1.54) is 0 Å². The van der Waals surface area contributed by atoms with Crippen molar-refractivity contribution in [2.75, 3.05) is 18.0 Å². The van der Waals surface area contributed by atoms with E-state index in [0.717, 1.165) is 19.5 Å². The number of aromatic carboxylic acids is 1. The maximum absolute atomic E-state index is 11.2. The average molecular weight is 254 g/mol. The molecule has 1 aromatic rings. The van der Waals surface area contributed by atoms with E-state index in [4.69, 9.17) is 11.6 Å². The number of hydrogen-bond acceptors (Lipinski definition) is 2. The van der Waals surface area contributed by atoms with Crippen molar-refractivity contribution in [1.29, 1.82) is 0 Å². The number of benzene rings is 1. The highest BCUT2D eigenvalue weighted by molar-refractivity contribution is 6.34. The van der Waals surface area contributed by atoms with Gasteiger partial charge < -0.3 is 10.0 Å². The molecule has 1 N–H and O–H groups in total. The summed E-state index contributed by atoms with van der Waals surface area (Å²) in [4.78, 5) is 13.3. The van der Waals surface area contributed by atoms with Crippen LogP contribution in [0.5, 0.6) is 0 Å². The molecule has 1 heterocycles. The van der Waals surface area contributed by atoms with Gasteiger partial charge in [-0.2, -0.15) is 0 Å². The fourth-order valence-electron chi connectivity index (χ4n) is 2.31. The maximum atomic E-state index is 11.2. The number of para-hydroxylation sites is 1. The highest BCUT2D eigenvalue weighted by Crippen LogP contribution is 2.37. The number of halogens is 1. The molecule has 17 heavy (non-hydrogen) atoms. The smallest absolute Gasteiger partial charge is 0.337 e. The molecule has 0 amide bonds. The van der Waals surface area contributed by atoms with Gasteiger partial charge in [0.1, 0.15) is 0 Å². The molecule has 0 saturated carbocycles. The fraction of sp³-hybridized carbons (Fsp3) is 0.462. The minimum absolute atomic E-state index is 0.217. The monoisotopic (exact) mass is 253 g/mol. The number of hydrogen-bond donors (Lipinski definition) is 1. The lowest BCUT2D eigenvalue weighted by Crippen LogP contribution is -2.24. The van der Waals surface area contributed by atoms with Crippen molar-refractivity contribution >= 4 is 23.3 Å². The van der Waals surface area contributed by atoms with Crippen LogP contribution in [0.15, 0.2) is 18.2 Å². The van der Waals surface area contributed by atoms with Crippen molar-refractivity contribution in [2.45, 2.75) is 20.3 Å². The van der Waals surface area contributed by atoms with Crippen LogP contribution >= 0.6 is 11.6 Å². The van der Waals surface area contributed by atoms with E-state index in [0.29, 0.717) is 10.7 Å². The van der Waals surface area contributed by atoms with E-state index >= 15 is 0 Å². The normalized spacial score (nSPS) is 18.4. The summed E-state index contributed by atoms with van der Waals surface area (Å²) in [6, 6.07) is 5.03. The summed E-state index contributed by atoms with van der Waals surface area (Å²) >= 11 is 6.14. The standard InChI is InChI=1S/C13H16ClNO2/c1-13(2)6-7-15(8-13)11-9(12(16)17)4-3-5-10(11)14/h3-5H,6-8H2,1-2H3,(H,16,17). The average Bonchev–Trinajstić information content (AvgIpc) is 2.58. The molecule has 1 aromatic carbocycles. The minimum Gasteiger partial charge on any atom is -0.478 e. The van der Waals surface area contributed by atoms with E-state index in [9.17, 15) is 9.90 Å². The van der Waals surface area contributed by atoms with Crippen LogP contribution < -0.4 is 4.90 Å². The summed E-state index contributed by atoms with van der Waals surface area (Å²) < 4.78 is 0. The summed E-state index contributed by atoms with van der Waals surface area (Å²) in [7, 11) is 0. The second-order valence-corrected chi connectivity index (χ2v) is 5.68. The second kappa shape index (κ2) is 4.22. The van der Waals surface area contributed by atoms with Crippen molar-refractivity contribution in [3.05, 3.63) is 28.8 Å². The van der Waals surface area contributed by atoms with Gasteiger partial charge in [-0.1, -0.05) is 31.5 Å². The van der Waals surface area contributed by atoms with Crippen LogP contribution in [0.2, 0.25) is 5.02 Å². The first kappa shape index (κ1) is 12.2. The van der Waals surface area contributed by atoms with Crippen LogP contribution in [0, 0.1) is 5.41 Å². The van der Waals surface area contributed by atoms with E-state index < -0.39 is 5.97 Å². The van der Waals surface area contributed by atoms with Gasteiger partial charge in [0.2, 0.25) is 0 Å². The summed E-state index contributed by atoms with van der Waals surface area (Å²) in [5.74, 6) is -0.924. The number of carboxylic acids is 1. The van der Waals surface area contributed by atoms with Gasteiger partial charge in [-0.3, -0.25) is 0 Å². The fourth-order valence-corrected chi connectivity index (χ4v) is 2.61. The Labute approximate surface area is 106 Å². The molecule has 1 aliphatic heterocycles. The van der Waals surface area contributed by atoms with Gasteiger partial charge >= 0.3 is 5.97 Å². The number of carbonyl (C=O) groups is 1. The van der Waals surface area contributed by atoms with Crippen molar-refractivity contribution in [3.8, 4) is 0 Å². The Hall–Kier alpha value is -1.22. The van der Waals surface area contributed by atoms with E-state index in [1.54, 1.807) is 18.2 Å². The Balaban J connectivity index is 2.42. The molecule has 0 aliphatic carbocycles. The molecule has 0 aromatic heterocycles. The number of nitrogens with zero attached hydrogens (tertiary/aromatic N) is 1. The zero-order valence-corrected chi connectivity index (χ0v) is 10.8. The molecule has 92 valence electrons. The predicted octanol–water partition coefficient (Wildman–Crippen LogP) is 3.27. The SMILES string of the molecule is CC1(C)CCN(c2c(Cl)cccc2C(=O)O)C1. The lowest BCUT2D eigenvalue weighted by atomic mass is 9.93. The molecular weight excluding hydrogens is 238 g/mol. The molecule has 2 rings (SSSR count). The van der Waals surface area contributed by atoms with Gasteiger partial charge in [0.05, 0.1) is 16.3 Å². The Morgan fingerprint density at radius 3 is 2.71 bits per heavy atom. The summed E-state index contributed by atoms with van der Waals surface area (Å²) in [5.41, 5.74) is 1.16. The van der Waals surface area contributed by atoms with Crippen LogP contribution in [0.3, 0.4) is 0 Å². The molecule has 0 spiro atoms. The summed E-state index contributed by atoms with van der Waals surface area (Å²) in [5, 5.41) is 9.71. The molecule has 1 aliphatic rings. The third-order valence-corrected chi connectivity index (χ3v) is 3.52. The first-order valence-electron chi connectivity index (χ1n) is 5.67. The van der Waals surface area contributed by atoms with Gasteiger partial charge in [0.15, 0.2) is 0 Å². The van der Waals surface area contributed by atoms with Crippen molar-refractivity contribution in [1.82, 2.24) is 0 Å². The Bertz CT molecular complexity index is 457. The maximum Gasteiger partial charge on any atom is 0.337 e. The molecule has 3 nitrogen and oxygen atoms in total. The largest absolute Gasteiger partial charge is 0.478 e. The first-order valence-corrected chi connectivity index (χ1v) is 6.05. The summed E-state index contributed by atoms with van der Waals surface area (Å²) in [6.45, 7) is 6.07. The molecule has 0 unspecified atom stereocenters. The zero-order chi connectivity index (χ0) is 12.6. The molecule has 0 bridgehead atoms. The van der Waals surface area contributed by atoms with Gasteiger partial charge in [0.25, 0.3) is 0 Å². The van der Waals surface area contributed by atoms with Crippen LogP contribution in [0.25, 0.3) is 0 Å². The number of carboxylic acid groups (broad SMARTS) is 1. The highest BCUT2D eigenvalue weighted by Gasteiger charge is 2.32. The Kier molecular flexibility index (Phi) is 3.04. The predicted molar refractivity (Wildman–Crippen MR) is 69.0 cm³/mol. The molecule has 0 atom stereocenters. The van der Waals surface area contributed by atoms with Crippen molar-refractivity contribution < 1.29 is 9.90 Å². The van der Waals surface area contributed by atoms with Crippen LogP contribution in [-0.4, -0.2) is 24.2 Å². The van der Waals surface area contributed by atoms with Gasteiger partial charge in [-0.05, 0) is 24.0 Å². The van der Waals surface area contributed by atoms with Gasteiger partial charge in [-0.15, -0.1) is 0 Å². The third kappa shape index (κ3) is 2.39. The minimum atomic E-state index is -0.924. The second-order valence-electron chi connectivity index (χ2n) is 5.28. The van der Waals surface area contributed by atoms with E-state index in [2.05, 4.69) is 18.7 Å².